The summed E-state index contributed by atoms with van der Waals surface area (Å²) in [6.07, 6.45) is 5.66. The van der Waals surface area contributed by atoms with Crippen molar-refractivity contribution in [3.05, 3.63) is 23.3 Å². The van der Waals surface area contributed by atoms with E-state index in [1.165, 1.54) is 0 Å². The lowest BCUT2D eigenvalue weighted by molar-refractivity contribution is -0.130. The van der Waals surface area contributed by atoms with Gasteiger partial charge in [0.1, 0.15) is 5.82 Å². The highest BCUT2D eigenvalue weighted by atomic mass is 16.2. The standard InChI is InChI=1S/C17H22N4O2/c1-10-18-8-13(15(19-10)11-5-6-11)17(23)21-7-3-4-12-14(21)9-20(2)16(12)22/h8,11-12,14H,3-7,9H2,1-2H3/t12-,14-/m1/s1. The second kappa shape index (κ2) is 5.28. The lowest BCUT2D eigenvalue weighted by Gasteiger charge is -2.36. The number of aryl methyl sites for hydroxylation is 1. The van der Waals surface area contributed by atoms with Gasteiger partial charge in [0, 0.05) is 32.3 Å². The number of aromatic nitrogens is 2. The molecule has 23 heavy (non-hydrogen) atoms. The van der Waals surface area contributed by atoms with Crippen molar-refractivity contribution in [1.82, 2.24) is 19.8 Å². The summed E-state index contributed by atoms with van der Waals surface area (Å²) in [5.74, 6) is 1.27. The normalized spacial score (nSPS) is 27.3. The maximum Gasteiger partial charge on any atom is 0.257 e. The molecular formula is C17H22N4O2. The number of hydrogen-bond donors (Lipinski definition) is 0. The first kappa shape index (κ1) is 14.6. The van der Waals surface area contributed by atoms with E-state index in [9.17, 15) is 9.59 Å². The Kier molecular flexibility index (Phi) is 3.36. The molecule has 0 aromatic carbocycles. The van der Waals surface area contributed by atoms with Gasteiger partial charge >= 0.3 is 0 Å². The lowest BCUT2D eigenvalue weighted by atomic mass is 9.91. The summed E-state index contributed by atoms with van der Waals surface area (Å²) < 4.78 is 0. The summed E-state index contributed by atoms with van der Waals surface area (Å²) in [4.78, 5) is 37.8. The highest BCUT2D eigenvalue weighted by Crippen LogP contribution is 2.41. The molecule has 1 saturated carbocycles. The van der Waals surface area contributed by atoms with Gasteiger partial charge in [-0.15, -0.1) is 0 Å². The van der Waals surface area contributed by atoms with Crippen LogP contribution < -0.4 is 0 Å². The van der Waals surface area contributed by atoms with Crippen LogP contribution in [-0.2, 0) is 4.79 Å². The Morgan fingerprint density at radius 1 is 1.30 bits per heavy atom. The van der Waals surface area contributed by atoms with Gasteiger partial charge < -0.3 is 9.80 Å². The van der Waals surface area contributed by atoms with Crippen molar-refractivity contribution in [1.29, 1.82) is 0 Å². The number of hydrogen-bond acceptors (Lipinski definition) is 4. The predicted octanol–water partition coefficient (Wildman–Crippen LogP) is 1.36. The van der Waals surface area contributed by atoms with Crippen molar-refractivity contribution >= 4 is 11.8 Å². The molecule has 4 rings (SSSR count). The van der Waals surface area contributed by atoms with Crippen LogP contribution in [0.15, 0.2) is 6.20 Å². The van der Waals surface area contributed by atoms with E-state index in [4.69, 9.17) is 0 Å². The second-order valence-corrected chi connectivity index (χ2v) is 7.02. The molecule has 1 aromatic rings. The van der Waals surface area contributed by atoms with Gasteiger partial charge in [0.15, 0.2) is 0 Å². The molecule has 6 heteroatoms. The maximum atomic E-state index is 13.1. The molecule has 2 amide bonds. The Balaban J connectivity index is 1.65. The third kappa shape index (κ3) is 2.40. The quantitative estimate of drug-likeness (QED) is 0.826. The summed E-state index contributed by atoms with van der Waals surface area (Å²) in [7, 11) is 1.83. The number of likely N-dealkylation sites (tertiary alicyclic amines) is 2. The predicted molar refractivity (Wildman–Crippen MR) is 83.9 cm³/mol. The zero-order valence-electron chi connectivity index (χ0n) is 13.7. The van der Waals surface area contributed by atoms with Crippen LogP contribution in [-0.4, -0.2) is 57.8 Å². The van der Waals surface area contributed by atoms with Gasteiger partial charge in [-0.25, -0.2) is 9.97 Å². The Morgan fingerprint density at radius 2 is 2.09 bits per heavy atom. The van der Waals surface area contributed by atoms with Crippen LogP contribution in [0.4, 0.5) is 0 Å². The molecule has 6 nitrogen and oxygen atoms in total. The maximum absolute atomic E-state index is 13.1. The minimum absolute atomic E-state index is 0.00195. The molecule has 3 aliphatic rings. The molecule has 3 fully saturated rings. The first-order valence-corrected chi connectivity index (χ1v) is 8.45. The number of likely N-dealkylation sites (N-methyl/N-ethyl adjacent to an activating group) is 1. The summed E-state index contributed by atoms with van der Waals surface area (Å²) in [6, 6.07) is 0.00195. The van der Waals surface area contributed by atoms with E-state index in [-0.39, 0.29) is 23.8 Å². The van der Waals surface area contributed by atoms with Crippen LogP contribution in [0.2, 0.25) is 0 Å². The first-order chi connectivity index (χ1) is 11.1. The van der Waals surface area contributed by atoms with Crippen molar-refractivity contribution in [3.8, 4) is 0 Å². The van der Waals surface area contributed by atoms with Crippen LogP contribution in [0.1, 0.15) is 53.5 Å². The fourth-order valence-electron chi connectivity index (χ4n) is 3.95. The fourth-order valence-corrected chi connectivity index (χ4v) is 3.95. The third-order valence-corrected chi connectivity index (χ3v) is 5.33. The van der Waals surface area contributed by atoms with Crippen molar-refractivity contribution < 1.29 is 9.59 Å². The zero-order valence-corrected chi connectivity index (χ0v) is 13.7. The second-order valence-electron chi connectivity index (χ2n) is 7.02. The lowest BCUT2D eigenvalue weighted by Crippen LogP contribution is -2.49. The van der Waals surface area contributed by atoms with Gasteiger partial charge in [0.2, 0.25) is 5.91 Å². The number of amides is 2. The molecule has 0 unspecified atom stereocenters. The molecule has 1 aromatic heterocycles. The number of carbonyl (C=O) groups excluding carboxylic acids is 2. The van der Waals surface area contributed by atoms with E-state index in [0.717, 1.165) is 43.7 Å². The molecule has 0 bridgehead atoms. The van der Waals surface area contributed by atoms with Crippen molar-refractivity contribution in [2.24, 2.45) is 5.92 Å². The van der Waals surface area contributed by atoms with E-state index < -0.39 is 0 Å². The van der Waals surface area contributed by atoms with Gasteiger partial charge in [-0.2, -0.15) is 0 Å². The highest BCUT2D eigenvalue weighted by Gasteiger charge is 2.46. The van der Waals surface area contributed by atoms with Crippen molar-refractivity contribution in [2.75, 3.05) is 20.1 Å². The number of piperidine rings is 1. The molecule has 122 valence electrons. The Bertz CT molecular complexity index is 671. The van der Waals surface area contributed by atoms with Crippen LogP contribution >= 0.6 is 0 Å². The van der Waals surface area contributed by atoms with E-state index in [0.29, 0.717) is 18.0 Å². The number of nitrogens with zero attached hydrogens (tertiary/aromatic N) is 4. The van der Waals surface area contributed by atoms with Gasteiger partial charge in [0.25, 0.3) is 5.91 Å². The molecule has 0 radical (unpaired) electrons. The number of rotatable bonds is 2. The third-order valence-electron chi connectivity index (χ3n) is 5.33. The van der Waals surface area contributed by atoms with E-state index in [2.05, 4.69) is 9.97 Å². The van der Waals surface area contributed by atoms with Gasteiger partial charge in [0.05, 0.1) is 23.2 Å². The largest absolute Gasteiger partial charge is 0.343 e. The van der Waals surface area contributed by atoms with Gasteiger partial charge in [-0.05, 0) is 32.6 Å². The molecule has 2 aliphatic heterocycles. The zero-order chi connectivity index (χ0) is 16.1. The Morgan fingerprint density at radius 3 is 2.83 bits per heavy atom. The van der Waals surface area contributed by atoms with E-state index >= 15 is 0 Å². The van der Waals surface area contributed by atoms with E-state index in [1.807, 2.05) is 18.9 Å². The summed E-state index contributed by atoms with van der Waals surface area (Å²) in [6.45, 7) is 3.22. The molecule has 2 saturated heterocycles. The summed E-state index contributed by atoms with van der Waals surface area (Å²) in [5.41, 5.74) is 1.54. The summed E-state index contributed by atoms with van der Waals surface area (Å²) >= 11 is 0. The Labute approximate surface area is 135 Å². The minimum Gasteiger partial charge on any atom is -0.343 e. The average Bonchev–Trinajstić information content (AvgIpc) is 3.34. The monoisotopic (exact) mass is 314 g/mol. The Hall–Kier alpha value is -1.98. The van der Waals surface area contributed by atoms with Crippen LogP contribution in [0.25, 0.3) is 0 Å². The smallest absolute Gasteiger partial charge is 0.257 e. The van der Waals surface area contributed by atoms with Crippen LogP contribution in [0.5, 0.6) is 0 Å². The van der Waals surface area contributed by atoms with Crippen molar-refractivity contribution in [3.63, 3.8) is 0 Å². The molecule has 2 atom stereocenters. The van der Waals surface area contributed by atoms with Crippen LogP contribution in [0, 0.1) is 12.8 Å². The van der Waals surface area contributed by atoms with Crippen molar-refractivity contribution in [2.45, 2.75) is 44.6 Å². The number of fused-ring (bicyclic) bond motifs is 1. The number of carbonyl (C=O) groups is 2. The highest BCUT2D eigenvalue weighted by molar-refractivity contribution is 5.96. The fraction of sp³-hybridized carbons (Fsp3) is 0.647. The molecule has 0 spiro atoms. The van der Waals surface area contributed by atoms with Gasteiger partial charge in [-0.3, -0.25) is 9.59 Å². The first-order valence-electron chi connectivity index (χ1n) is 8.45. The summed E-state index contributed by atoms with van der Waals surface area (Å²) in [5, 5.41) is 0. The topological polar surface area (TPSA) is 66.4 Å². The van der Waals surface area contributed by atoms with E-state index in [1.54, 1.807) is 11.1 Å². The van der Waals surface area contributed by atoms with Gasteiger partial charge in [-0.1, -0.05) is 0 Å². The molecule has 0 N–H and O–H groups in total. The molecule has 3 heterocycles. The molecular weight excluding hydrogens is 292 g/mol. The minimum atomic E-state index is -0.0339. The molecule has 1 aliphatic carbocycles. The SMILES string of the molecule is Cc1ncc(C(=O)N2CCC[C@H]3C(=O)N(C)C[C@H]32)c(C2CC2)n1. The van der Waals surface area contributed by atoms with Crippen LogP contribution in [0.3, 0.4) is 0 Å². The average molecular weight is 314 g/mol.